The van der Waals surface area contributed by atoms with Crippen LogP contribution in [0.5, 0.6) is 0 Å². The number of benzene rings is 2. The molecule has 23 heavy (non-hydrogen) atoms. The lowest BCUT2D eigenvalue weighted by molar-refractivity contribution is 0.0434. The number of H-pyrrole nitrogens is 1. The van der Waals surface area contributed by atoms with Gasteiger partial charge in [-0.15, -0.1) is 0 Å². The van der Waals surface area contributed by atoms with Crippen LogP contribution >= 0.6 is 0 Å². The highest BCUT2D eigenvalue weighted by Crippen LogP contribution is 2.19. The van der Waals surface area contributed by atoms with E-state index < -0.39 is 5.97 Å². The van der Waals surface area contributed by atoms with Crippen LogP contribution in [0.3, 0.4) is 0 Å². The number of pyridine rings is 1. The molecule has 5 nitrogen and oxygen atoms in total. The summed E-state index contributed by atoms with van der Waals surface area (Å²) >= 11 is 0. The SMILES string of the molecule is O=C(OCCO)c1ccc2[nH]c(-c3ccccc3)cc(=O)c2c1. The second-order valence-corrected chi connectivity index (χ2v) is 5.03. The molecule has 0 radical (unpaired) electrons. The highest BCUT2D eigenvalue weighted by Gasteiger charge is 2.10. The number of carbonyl (C=O) groups is 1. The highest BCUT2D eigenvalue weighted by atomic mass is 16.5. The first kappa shape index (κ1) is 15.0. The third-order valence-electron chi connectivity index (χ3n) is 3.47. The molecule has 0 aliphatic heterocycles. The second-order valence-electron chi connectivity index (χ2n) is 5.03. The van der Waals surface area contributed by atoms with Crippen LogP contribution in [-0.2, 0) is 4.74 Å². The van der Waals surface area contributed by atoms with Crippen molar-refractivity contribution >= 4 is 16.9 Å². The van der Waals surface area contributed by atoms with Crippen molar-refractivity contribution in [2.24, 2.45) is 0 Å². The Labute approximate surface area is 132 Å². The van der Waals surface area contributed by atoms with Gasteiger partial charge in [-0.2, -0.15) is 0 Å². The van der Waals surface area contributed by atoms with E-state index in [1.807, 2.05) is 30.3 Å². The van der Waals surface area contributed by atoms with E-state index in [0.29, 0.717) is 10.9 Å². The summed E-state index contributed by atoms with van der Waals surface area (Å²) in [5.74, 6) is -0.563. The minimum Gasteiger partial charge on any atom is -0.460 e. The van der Waals surface area contributed by atoms with Crippen LogP contribution in [0.15, 0.2) is 59.4 Å². The summed E-state index contributed by atoms with van der Waals surface area (Å²) in [5.41, 5.74) is 2.39. The molecular weight excluding hydrogens is 294 g/mol. The maximum absolute atomic E-state index is 12.3. The second kappa shape index (κ2) is 6.46. The first-order chi connectivity index (χ1) is 11.2. The molecule has 2 N–H and O–H groups in total. The van der Waals surface area contributed by atoms with Gasteiger partial charge in [0.2, 0.25) is 0 Å². The summed E-state index contributed by atoms with van der Waals surface area (Å²) in [7, 11) is 0. The highest BCUT2D eigenvalue weighted by molar-refractivity contribution is 5.94. The quantitative estimate of drug-likeness (QED) is 0.725. The number of hydrogen-bond donors (Lipinski definition) is 2. The number of rotatable bonds is 4. The fourth-order valence-corrected chi connectivity index (χ4v) is 2.37. The Balaban J connectivity index is 2.03. The Morgan fingerprint density at radius 2 is 1.87 bits per heavy atom. The van der Waals surface area contributed by atoms with Crippen LogP contribution in [0.4, 0.5) is 0 Å². The van der Waals surface area contributed by atoms with Crippen molar-refractivity contribution in [3.05, 3.63) is 70.4 Å². The van der Waals surface area contributed by atoms with Crippen LogP contribution in [0.25, 0.3) is 22.2 Å². The Bertz CT molecular complexity index is 900. The molecule has 0 bridgehead atoms. The molecule has 0 aliphatic carbocycles. The van der Waals surface area contributed by atoms with Gasteiger partial charge in [-0.1, -0.05) is 30.3 Å². The zero-order valence-electron chi connectivity index (χ0n) is 12.3. The molecule has 0 fully saturated rings. The molecule has 0 aliphatic rings. The molecule has 5 heteroatoms. The largest absolute Gasteiger partial charge is 0.460 e. The van der Waals surface area contributed by atoms with E-state index in [-0.39, 0.29) is 24.2 Å². The van der Waals surface area contributed by atoms with E-state index in [9.17, 15) is 9.59 Å². The lowest BCUT2D eigenvalue weighted by Crippen LogP contribution is -2.10. The monoisotopic (exact) mass is 309 g/mol. The van der Waals surface area contributed by atoms with Crippen LogP contribution in [-0.4, -0.2) is 29.3 Å². The molecular formula is C18H15NO4. The molecule has 116 valence electrons. The zero-order valence-corrected chi connectivity index (χ0v) is 12.3. The van der Waals surface area contributed by atoms with E-state index >= 15 is 0 Å². The predicted octanol–water partition coefficient (Wildman–Crippen LogP) is 2.34. The van der Waals surface area contributed by atoms with E-state index in [4.69, 9.17) is 9.84 Å². The first-order valence-electron chi connectivity index (χ1n) is 7.19. The smallest absolute Gasteiger partial charge is 0.338 e. The number of nitrogens with one attached hydrogen (secondary N) is 1. The minimum absolute atomic E-state index is 0.0693. The van der Waals surface area contributed by atoms with Gasteiger partial charge in [0.15, 0.2) is 5.43 Å². The lowest BCUT2D eigenvalue weighted by atomic mass is 10.1. The molecule has 1 heterocycles. The van der Waals surface area contributed by atoms with Gasteiger partial charge in [-0.3, -0.25) is 4.79 Å². The van der Waals surface area contributed by atoms with E-state index in [1.165, 1.54) is 12.1 Å². The average molecular weight is 309 g/mol. The predicted molar refractivity (Wildman–Crippen MR) is 87.4 cm³/mol. The Morgan fingerprint density at radius 1 is 1.09 bits per heavy atom. The number of aromatic amines is 1. The third kappa shape index (κ3) is 3.14. The summed E-state index contributed by atoms with van der Waals surface area (Å²) in [5, 5.41) is 9.10. The number of esters is 1. The van der Waals surface area contributed by atoms with Gasteiger partial charge in [-0.05, 0) is 23.8 Å². The van der Waals surface area contributed by atoms with E-state index in [2.05, 4.69) is 4.98 Å². The van der Waals surface area contributed by atoms with Crippen LogP contribution in [0.2, 0.25) is 0 Å². The maximum atomic E-state index is 12.3. The van der Waals surface area contributed by atoms with Gasteiger partial charge in [0, 0.05) is 22.7 Å². The molecule has 0 unspecified atom stereocenters. The first-order valence-corrected chi connectivity index (χ1v) is 7.19. The summed E-state index contributed by atoms with van der Waals surface area (Å²) in [4.78, 5) is 27.4. The van der Waals surface area contributed by atoms with Crippen molar-refractivity contribution in [2.45, 2.75) is 0 Å². The summed E-state index contributed by atoms with van der Waals surface area (Å²) in [6.07, 6.45) is 0. The number of ether oxygens (including phenoxy) is 1. The van der Waals surface area contributed by atoms with Gasteiger partial charge >= 0.3 is 5.97 Å². The fraction of sp³-hybridized carbons (Fsp3) is 0.111. The molecule has 2 aromatic carbocycles. The number of carbonyl (C=O) groups excluding carboxylic acids is 1. The van der Waals surface area contributed by atoms with Gasteiger partial charge in [0.05, 0.1) is 12.2 Å². The minimum atomic E-state index is -0.563. The summed E-state index contributed by atoms with van der Waals surface area (Å²) in [6, 6.07) is 15.8. The van der Waals surface area contributed by atoms with Gasteiger partial charge < -0.3 is 14.8 Å². The molecule has 0 amide bonds. The molecule has 0 atom stereocenters. The maximum Gasteiger partial charge on any atom is 0.338 e. The molecule has 0 spiro atoms. The molecule has 0 saturated heterocycles. The molecule has 3 aromatic rings. The van der Waals surface area contributed by atoms with Gasteiger partial charge in [0.1, 0.15) is 6.61 Å². The van der Waals surface area contributed by atoms with Crippen molar-refractivity contribution in [3.8, 4) is 11.3 Å². The molecule has 3 rings (SSSR count). The average Bonchev–Trinajstić information content (AvgIpc) is 2.60. The molecule has 0 saturated carbocycles. The van der Waals surface area contributed by atoms with E-state index in [1.54, 1.807) is 12.1 Å². The van der Waals surface area contributed by atoms with Crippen LogP contribution in [0.1, 0.15) is 10.4 Å². The van der Waals surface area contributed by atoms with Crippen LogP contribution < -0.4 is 5.43 Å². The van der Waals surface area contributed by atoms with Crippen molar-refractivity contribution in [1.82, 2.24) is 4.98 Å². The van der Waals surface area contributed by atoms with Crippen molar-refractivity contribution in [1.29, 1.82) is 0 Å². The van der Waals surface area contributed by atoms with Gasteiger partial charge in [0.25, 0.3) is 0 Å². The van der Waals surface area contributed by atoms with Crippen molar-refractivity contribution in [3.63, 3.8) is 0 Å². The number of fused-ring (bicyclic) bond motifs is 1. The summed E-state index contributed by atoms with van der Waals surface area (Å²) in [6.45, 7) is -0.305. The standard InChI is InChI=1S/C18H15NO4/c20-8-9-23-18(22)13-6-7-15-14(10-13)17(21)11-16(19-15)12-4-2-1-3-5-12/h1-7,10-11,20H,8-9H2,(H,19,21). The Morgan fingerprint density at radius 3 is 2.61 bits per heavy atom. The van der Waals surface area contributed by atoms with Crippen molar-refractivity contribution in [2.75, 3.05) is 13.2 Å². The summed E-state index contributed by atoms with van der Waals surface area (Å²) < 4.78 is 4.86. The zero-order chi connectivity index (χ0) is 16.2. The fourth-order valence-electron chi connectivity index (χ4n) is 2.37. The topological polar surface area (TPSA) is 79.4 Å². The number of hydrogen-bond acceptors (Lipinski definition) is 4. The van der Waals surface area contributed by atoms with Crippen LogP contribution in [0, 0.1) is 0 Å². The normalized spacial score (nSPS) is 10.7. The number of aromatic nitrogens is 1. The van der Waals surface area contributed by atoms with Crippen molar-refractivity contribution < 1.29 is 14.6 Å². The van der Waals surface area contributed by atoms with E-state index in [0.717, 1.165) is 11.3 Å². The Kier molecular flexibility index (Phi) is 4.21. The lowest BCUT2D eigenvalue weighted by Gasteiger charge is -2.07. The van der Waals surface area contributed by atoms with Gasteiger partial charge in [-0.25, -0.2) is 4.79 Å². The third-order valence-corrected chi connectivity index (χ3v) is 3.47. The molecule has 1 aromatic heterocycles. The number of aliphatic hydroxyl groups is 1. The number of aliphatic hydroxyl groups excluding tert-OH is 1. The Hall–Kier alpha value is -2.92.